The molecule has 0 radical (unpaired) electrons. The number of nitro groups is 1. The van der Waals surface area contributed by atoms with E-state index in [2.05, 4.69) is 53.8 Å². The third kappa shape index (κ3) is 5.66. The van der Waals surface area contributed by atoms with E-state index < -0.39 is 16.4 Å². The minimum Gasteiger partial charge on any atom is -0.399 e. The van der Waals surface area contributed by atoms with E-state index in [0.29, 0.717) is 4.47 Å². The van der Waals surface area contributed by atoms with E-state index in [9.17, 15) is 19.3 Å². The molecule has 0 bridgehead atoms. The number of para-hydroxylation sites is 1. The van der Waals surface area contributed by atoms with Crippen molar-refractivity contribution in [2.24, 2.45) is 0 Å². The quantitative estimate of drug-likeness (QED) is 0.218. The molecule has 1 N–H and O–H groups in total. The number of pyridine rings is 1. The minimum atomic E-state index is -0.912. The van der Waals surface area contributed by atoms with Gasteiger partial charge in [-0.15, -0.1) is 0 Å². The van der Waals surface area contributed by atoms with Gasteiger partial charge in [0.05, 0.1) is 39.9 Å². The molecule has 1 fully saturated rings. The van der Waals surface area contributed by atoms with Gasteiger partial charge in [0.1, 0.15) is 0 Å². The van der Waals surface area contributed by atoms with Gasteiger partial charge in [-0.25, -0.2) is 0 Å². The van der Waals surface area contributed by atoms with Gasteiger partial charge in [0.15, 0.2) is 0 Å². The molecule has 0 atom stereocenters. The van der Waals surface area contributed by atoms with Gasteiger partial charge in [-0.3, -0.25) is 20.0 Å². The third-order valence-electron chi connectivity index (χ3n) is 6.53. The number of benzene rings is 2. The van der Waals surface area contributed by atoms with Crippen LogP contribution >= 0.6 is 15.9 Å². The van der Waals surface area contributed by atoms with Gasteiger partial charge >= 0.3 is 12.8 Å². The van der Waals surface area contributed by atoms with Crippen molar-refractivity contribution in [3.05, 3.63) is 97.2 Å². The lowest BCUT2D eigenvalue weighted by molar-refractivity contribution is -0.388. The number of fused-ring (bicyclic) bond motifs is 1. The monoisotopic (exact) mass is 570 g/mol. The van der Waals surface area contributed by atoms with Crippen molar-refractivity contribution in [3.8, 4) is 0 Å². The average Bonchev–Trinajstić information content (AvgIpc) is 3.37. The van der Waals surface area contributed by atoms with E-state index in [1.165, 1.54) is 29.0 Å². The summed E-state index contributed by atoms with van der Waals surface area (Å²) in [6.45, 7) is 8.17. The Labute approximate surface area is 221 Å². The highest BCUT2D eigenvalue weighted by Gasteiger charge is 2.51. The smallest absolute Gasteiger partial charge is 0.399 e. The Hall–Kier alpha value is -3.35. The Kier molecular flexibility index (Phi) is 7.36. The summed E-state index contributed by atoms with van der Waals surface area (Å²) >= 11 is 3.20. The van der Waals surface area contributed by atoms with Crippen LogP contribution in [0.15, 0.2) is 70.2 Å². The molecule has 4 aromatic rings. The van der Waals surface area contributed by atoms with E-state index in [1.54, 1.807) is 6.07 Å². The SMILES string of the molecule is CC1(C)OB(c2ccc3cn[nH]c3c2)OC1(C)C.O=c1ccc(Br)cn1Cc1cccc(F)c1[N+](=O)[O-]. The van der Waals surface area contributed by atoms with Crippen molar-refractivity contribution < 1.29 is 18.6 Å². The van der Waals surface area contributed by atoms with Crippen molar-refractivity contribution in [3.63, 3.8) is 0 Å². The number of H-pyrrole nitrogens is 1. The number of rotatable bonds is 4. The first kappa shape index (κ1) is 26.7. The van der Waals surface area contributed by atoms with E-state index >= 15 is 0 Å². The second-order valence-corrected chi connectivity index (χ2v) is 10.5. The first-order chi connectivity index (χ1) is 17.4. The summed E-state index contributed by atoms with van der Waals surface area (Å²) in [5, 5.41) is 18.9. The molecular weight excluding hydrogens is 546 g/mol. The molecule has 0 saturated carbocycles. The highest BCUT2D eigenvalue weighted by molar-refractivity contribution is 9.10. The molecule has 12 heteroatoms. The van der Waals surface area contributed by atoms with Crippen molar-refractivity contribution >= 4 is 45.1 Å². The lowest BCUT2D eigenvalue weighted by Crippen LogP contribution is -2.41. The average molecular weight is 571 g/mol. The van der Waals surface area contributed by atoms with Crippen LogP contribution in [0, 0.1) is 15.9 Å². The zero-order valence-corrected chi connectivity index (χ0v) is 22.3. The first-order valence-electron chi connectivity index (χ1n) is 11.4. The Bertz CT molecular complexity index is 1500. The topological polar surface area (TPSA) is 112 Å². The maximum absolute atomic E-state index is 13.4. The molecule has 1 aliphatic rings. The first-order valence-corrected chi connectivity index (χ1v) is 12.2. The van der Waals surface area contributed by atoms with Gasteiger partial charge in [0.2, 0.25) is 5.82 Å². The second-order valence-electron chi connectivity index (χ2n) is 9.62. The van der Waals surface area contributed by atoms with Gasteiger partial charge in [-0.1, -0.05) is 24.3 Å². The Morgan fingerprint density at radius 3 is 2.51 bits per heavy atom. The van der Waals surface area contributed by atoms with Crippen LogP contribution in [-0.4, -0.2) is 38.0 Å². The summed E-state index contributed by atoms with van der Waals surface area (Å²) in [5.74, 6) is -0.912. The summed E-state index contributed by atoms with van der Waals surface area (Å²) in [6, 6.07) is 12.8. The maximum Gasteiger partial charge on any atom is 0.494 e. The minimum absolute atomic E-state index is 0.0631. The van der Waals surface area contributed by atoms with Gasteiger partial charge in [-0.05, 0) is 67.3 Å². The van der Waals surface area contributed by atoms with Crippen molar-refractivity contribution in [1.29, 1.82) is 0 Å². The van der Waals surface area contributed by atoms with Crippen molar-refractivity contribution in [1.82, 2.24) is 14.8 Å². The molecular formula is C25H25BBrFN4O5. The Balaban J connectivity index is 0.000000173. The number of nitrogens with one attached hydrogen (secondary N) is 1. The molecule has 3 heterocycles. The van der Waals surface area contributed by atoms with Gasteiger partial charge in [0, 0.05) is 22.1 Å². The molecule has 1 saturated heterocycles. The molecule has 0 unspecified atom stereocenters. The van der Waals surface area contributed by atoms with Crippen LogP contribution in [0.2, 0.25) is 0 Å². The van der Waals surface area contributed by atoms with Crippen LogP contribution < -0.4 is 11.0 Å². The van der Waals surface area contributed by atoms with Crippen LogP contribution in [0.4, 0.5) is 10.1 Å². The number of nitro benzene ring substituents is 1. The lowest BCUT2D eigenvalue weighted by atomic mass is 9.79. The summed E-state index contributed by atoms with van der Waals surface area (Å²) in [4.78, 5) is 21.7. The Morgan fingerprint density at radius 2 is 1.84 bits per heavy atom. The molecule has 192 valence electrons. The predicted molar refractivity (Wildman–Crippen MR) is 142 cm³/mol. The zero-order chi connectivity index (χ0) is 27.0. The second kappa shape index (κ2) is 10.2. The fraction of sp³-hybridized carbons (Fsp3) is 0.280. The maximum atomic E-state index is 13.4. The fourth-order valence-corrected chi connectivity index (χ4v) is 4.16. The number of aromatic nitrogens is 3. The van der Waals surface area contributed by atoms with Crippen LogP contribution in [0.25, 0.3) is 10.9 Å². The molecule has 37 heavy (non-hydrogen) atoms. The normalized spacial score (nSPS) is 15.9. The molecule has 0 amide bonds. The van der Waals surface area contributed by atoms with Crippen LogP contribution in [0.1, 0.15) is 33.3 Å². The third-order valence-corrected chi connectivity index (χ3v) is 7.00. The molecule has 0 aliphatic carbocycles. The standard InChI is InChI=1S/C13H17BN2O2.C12H8BrFN2O3/c1-12(2)13(3,4)18-14(17-12)10-6-5-9-8-15-16-11(9)7-10;13-9-4-5-11(17)15(7-9)6-8-2-1-3-10(14)12(8)16(18)19/h5-8H,1-4H3,(H,15,16);1-5,7H,6H2. The van der Waals surface area contributed by atoms with E-state index in [1.807, 2.05) is 24.4 Å². The van der Waals surface area contributed by atoms with Gasteiger partial charge < -0.3 is 13.9 Å². The molecule has 0 spiro atoms. The molecule has 5 rings (SSSR count). The van der Waals surface area contributed by atoms with E-state index in [0.717, 1.165) is 22.4 Å². The summed E-state index contributed by atoms with van der Waals surface area (Å²) in [5.41, 5.74) is 0.634. The van der Waals surface area contributed by atoms with Crippen LogP contribution in [0.5, 0.6) is 0 Å². The van der Waals surface area contributed by atoms with Crippen LogP contribution in [0.3, 0.4) is 0 Å². The van der Waals surface area contributed by atoms with E-state index in [-0.39, 0.29) is 36.0 Å². The number of aromatic amines is 1. The largest absolute Gasteiger partial charge is 0.494 e. The summed E-state index contributed by atoms with van der Waals surface area (Å²) in [6.07, 6.45) is 3.31. The predicted octanol–water partition coefficient (Wildman–Crippen LogP) is 4.57. The van der Waals surface area contributed by atoms with Crippen LogP contribution in [-0.2, 0) is 15.9 Å². The molecule has 2 aromatic carbocycles. The summed E-state index contributed by atoms with van der Waals surface area (Å²) < 4.78 is 27.4. The molecule has 2 aromatic heterocycles. The number of halogens is 2. The Morgan fingerprint density at radius 1 is 1.14 bits per heavy atom. The number of hydrogen-bond donors (Lipinski definition) is 1. The van der Waals surface area contributed by atoms with Crippen molar-refractivity contribution in [2.45, 2.75) is 45.4 Å². The van der Waals surface area contributed by atoms with Gasteiger partial charge in [-0.2, -0.15) is 9.49 Å². The van der Waals surface area contributed by atoms with E-state index in [4.69, 9.17) is 9.31 Å². The van der Waals surface area contributed by atoms with Gasteiger partial charge in [0.25, 0.3) is 5.56 Å². The number of nitrogens with zero attached hydrogens (tertiary/aromatic N) is 3. The van der Waals surface area contributed by atoms with Crippen molar-refractivity contribution in [2.75, 3.05) is 0 Å². The zero-order valence-electron chi connectivity index (χ0n) is 20.7. The fourth-order valence-electron chi connectivity index (χ4n) is 3.78. The molecule has 9 nitrogen and oxygen atoms in total. The number of hydrogen-bond acceptors (Lipinski definition) is 6. The highest BCUT2D eigenvalue weighted by Crippen LogP contribution is 2.36. The highest BCUT2D eigenvalue weighted by atomic mass is 79.9. The molecule has 1 aliphatic heterocycles. The lowest BCUT2D eigenvalue weighted by Gasteiger charge is -2.32. The summed E-state index contributed by atoms with van der Waals surface area (Å²) in [7, 11) is -0.317.